The Bertz CT molecular complexity index is 857. The highest BCUT2D eigenvalue weighted by atomic mass is 15.2. The van der Waals surface area contributed by atoms with Gasteiger partial charge in [-0.05, 0) is 26.7 Å². The molecule has 1 atom stereocenters. The minimum atomic E-state index is 0.147. The lowest BCUT2D eigenvalue weighted by atomic mass is 10.1. The number of nitrogens with one attached hydrogen (secondary N) is 1. The Hall–Kier alpha value is -2.83. The number of anilines is 1. The van der Waals surface area contributed by atoms with Crippen molar-refractivity contribution in [2.24, 2.45) is 0 Å². The molecule has 7 nitrogen and oxygen atoms in total. The summed E-state index contributed by atoms with van der Waals surface area (Å²) in [6.07, 6.45) is 9.01. The quantitative estimate of drug-likeness (QED) is 0.798. The topological polar surface area (TPSA) is 83.5 Å². The second-order valence-corrected chi connectivity index (χ2v) is 6.07. The van der Waals surface area contributed by atoms with Crippen LogP contribution in [0, 0.1) is 13.8 Å². The zero-order chi connectivity index (χ0) is 16.5. The molecular weight excluding hydrogens is 302 g/mol. The minimum absolute atomic E-state index is 0.147. The number of rotatable bonds is 3. The molecular formula is C17H19N7. The Kier molecular flexibility index (Phi) is 3.68. The molecule has 122 valence electrons. The van der Waals surface area contributed by atoms with Crippen molar-refractivity contribution in [2.75, 3.05) is 11.4 Å². The van der Waals surface area contributed by atoms with E-state index >= 15 is 0 Å². The molecule has 1 fully saturated rings. The van der Waals surface area contributed by atoms with Crippen LogP contribution in [0.25, 0.3) is 11.5 Å². The van der Waals surface area contributed by atoms with Gasteiger partial charge in [-0.3, -0.25) is 4.98 Å². The lowest BCUT2D eigenvalue weighted by Gasteiger charge is -2.26. The maximum absolute atomic E-state index is 4.64. The average molecular weight is 321 g/mol. The van der Waals surface area contributed by atoms with Gasteiger partial charge in [0.1, 0.15) is 17.8 Å². The summed E-state index contributed by atoms with van der Waals surface area (Å²) in [4.78, 5) is 27.8. The van der Waals surface area contributed by atoms with E-state index in [1.807, 2.05) is 26.1 Å². The molecule has 0 radical (unpaired) electrons. The van der Waals surface area contributed by atoms with Crippen LogP contribution < -0.4 is 4.90 Å². The van der Waals surface area contributed by atoms with Gasteiger partial charge in [0.25, 0.3) is 0 Å². The van der Waals surface area contributed by atoms with Gasteiger partial charge in [0.2, 0.25) is 0 Å². The smallest absolute Gasteiger partial charge is 0.158 e. The van der Waals surface area contributed by atoms with E-state index in [1.54, 1.807) is 18.7 Å². The first kappa shape index (κ1) is 14.7. The van der Waals surface area contributed by atoms with Gasteiger partial charge in [0.05, 0.1) is 11.7 Å². The number of aromatic nitrogens is 6. The van der Waals surface area contributed by atoms with Crippen molar-refractivity contribution >= 4 is 5.82 Å². The Morgan fingerprint density at radius 2 is 1.96 bits per heavy atom. The summed E-state index contributed by atoms with van der Waals surface area (Å²) >= 11 is 0. The fraction of sp³-hybridized carbons (Fsp3) is 0.353. The minimum Gasteiger partial charge on any atom is -0.348 e. The van der Waals surface area contributed by atoms with Crippen LogP contribution in [-0.4, -0.2) is 36.4 Å². The van der Waals surface area contributed by atoms with Crippen molar-refractivity contribution in [3.05, 3.63) is 48.1 Å². The van der Waals surface area contributed by atoms with Crippen LogP contribution in [0.3, 0.4) is 0 Å². The maximum Gasteiger partial charge on any atom is 0.158 e. The maximum atomic E-state index is 4.64. The van der Waals surface area contributed by atoms with Crippen LogP contribution in [-0.2, 0) is 0 Å². The molecule has 0 spiro atoms. The van der Waals surface area contributed by atoms with E-state index in [-0.39, 0.29) is 6.04 Å². The van der Waals surface area contributed by atoms with Crippen molar-refractivity contribution in [1.29, 1.82) is 0 Å². The molecule has 4 rings (SSSR count). The molecule has 1 aliphatic rings. The lowest BCUT2D eigenvalue weighted by Crippen LogP contribution is -2.25. The van der Waals surface area contributed by atoms with E-state index in [4.69, 9.17) is 0 Å². The zero-order valence-corrected chi connectivity index (χ0v) is 13.8. The van der Waals surface area contributed by atoms with Crippen molar-refractivity contribution in [3.63, 3.8) is 0 Å². The summed E-state index contributed by atoms with van der Waals surface area (Å²) in [5.41, 5.74) is 3.73. The SMILES string of the molecule is Cc1cc(N2CCCC2c2nccnc2-c2ncc(C)[nH]2)ncn1. The Balaban J connectivity index is 1.75. The fourth-order valence-corrected chi connectivity index (χ4v) is 3.23. The standard InChI is InChI=1S/C17H19N7/c1-11-8-14(22-10-21-11)24-7-3-4-13(24)15-16(19-6-5-18-15)17-20-9-12(2)23-17/h5-6,8-10,13H,3-4,7H2,1-2H3,(H,20,23). The third kappa shape index (κ3) is 2.62. The van der Waals surface area contributed by atoms with Gasteiger partial charge in [-0.15, -0.1) is 0 Å². The van der Waals surface area contributed by atoms with Crippen LogP contribution in [0.15, 0.2) is 31.0 Å². The summed E-state index contributed by atoms with van der Waals surface area (Å²) in [6.45, 7) is 4.92. The van der Waals surface area contributed by atoms with Gasteiger partial charge in [0, 0.05) is 42.6 Å². The van der Waals surface area contributed by atoms with E-state index < -0.39 is 0 Å². The second kappa shape index (κ2) is 5.99. The molecule has 1 N–H and O–H groups in total. The predicted molar refractivity (Wildman–Crippen MR) is 90.4 cm³/mol. The first-order valence-electron chi connectivity index (χ1n) is 8.10. The number of hydrogen-bond donors (Lipinski definition) is 1. The summed E-state index contributed by atoms with van der Waals surface area (Å²) in [6, 6.07) is 2.17. The highest BCUT2D eigenvalue weighted by Crippen LogP contribution is 2.37. The van der Waals surface area contributed by atoms with Gasteiger partial charge in [-0.2, -0.15) is 0 Å². The molecule has 4 heterocycles. The molecule has 1 unspecified atom stereocenters. The third-order valence-corrected chi connectivity index (χ3v) is 4.31. The van der Waals surface area contributed by atoms with E-state index in [0.717, 1.165) is 53.8 Å². The molecule has 7 heteroatoms. The van der Waals surface area contributed by atoms with Crippen LogP contribution >= 0.6 is 0 Å². The molecule has 3 aromatic rings. The van der Waals surface area contributed by atoms with Crippen LogP contribution in [0.5, 0.6) is 0 Å². The van der Waals surface area contributed by atoms with Gasteiger partial charge in [-0.1, -0.05) is 0 Å². The second-order valence-electron chi connectivity index (χ2n) is 6.07. The van der Waals surface area contributed by atoms with E-state index in [9.17, 15) is 0 Å². The number of aromatic amines is 1. The fourth-order valence-electron chi connectivity index (χ4n) is 3.23. The van der Waals surface area contributed by atoms with Crippen LogP contribution in [0.2, 0.25) is 0 Å². The zero-order valence-electron chi connectivity index (χ0n) is 13.8. The van der Waals surface area contributed by atoms with E-state index in [0.29, 0.717) is 0 Å². The molecule has 0 amide bonds. The molecule has 0 aliphatic carbocycles. The molecule has 1 saturated heterocycles. The molecule has 1 aliphatic heterocycles. The van der Waals surface area contributed by atoms with Crippen molar-refractivity contribution in [2.45, 2.75) is 32.7 Å². The Labute approximate surface area is 140 Å². The Morgan fingerprint density at radius 1 is 1.08 bits per heavy atom. The van der Waals surface area contributed by atoms with Crippen molar-refractivity contribution in [1.82, 2.24) is 29.9 Å². The summed E-state index contributed by atoms with van der Waals surface area (Å²) in [5.74, 6) is 1.71. The van der Waals surface area contributed by atoms with E-state index in [2.05, 4.69) is 34.8 Å². The number of hydrogen-bond acceptors (Lipinski definition) is 6. The van der Waals surface area contributed by atoms with Gasteiger partial charge in [-0.25, -0.2) is 19.9 Å². The average Bonchev–Trinajstić information content (AvgIpc) is 3.24. The van der Waals surface area contributed by atoms with Crippen LogP contribution in [0.4, 0.5) is 5.82 Å². The number of H-pyrrole nitrogens is 1. The lowest BCUT2D eigenvalue weighted by molar-refractivity contribution is 0.683. The van der Waals surface area contributed by atoms with Crippen LogP contribution in [0.1, 0.15) is 36.0 Å². The molecule has 0 saturated carbocycles. The van der Waals surface area contributed by atoms with Gasteiger partial charge >= 0.3 is 0 Å². The Morgan fingerprint density at radius 3 is 2.75 bits per heavy atom. The summed E-state index contributed by atoms with van der Waals surface area (Å²) in [7, 11) is 0. The molecule has 0 bridgehead atoms. The first-order chi connectivity index (χ1) is 11.7. The molecule has 0 aromatic carbocycles. The largest absolute Gasteiger partial charge is 0.348 e. The molecule has 24 heavy (non-hydrogen) atoms. The number of imidazole rings is 1. The highest BCUT2D eigenvalue weighted by molar-refractivity contribution is 5.56. The van der Waals surface area contributed by atoms with Gasteiger partial charge < -0.3 is 9.88 Å². The third-order valence-electron chi connectivity index (χ3n) is 4.31. The summed E-state index contributed by atoms with van der Waals surface area (Å²) in [5, 5.41) is 0. The number of nitrogens with zero attached hydrogens (tertiary/aromatic N) is 6. The van der Waals surface area contributed by atoms with Crippen molar-refractivity contribution in [3.8, 4) is 11.5 Å². The molecule has 3 aromatic heterocycles. The monoisotopic (exact) mass is 321 g/mol. The predicted octanol–water partition coefficient (Wildman–Crippen LogP) is 2.62. The first-order valence-corrected chi connectivity index (χ1v) is 8.10. The highest BCUT2D eigenvalue weighted by Gasteiger charge is 2.31. The van der Waals surface area contributed by atoms with Gasteiger partial charge in [0.15, 0.2) is 5.82 Å². The van der Waals surface area contributed by atoms with E-state index in [1.165, 1.54) is 0 Å². The van der Waals surface area contributed by atoms with Crippen molar-refractivity contribution < 1.29 is 0 Å². The normalized spacial score (nSPS) is 17.4. The number of aryl methyl sites for hydroxylation is 2. The summed E-state index contributed by atoms with van der Waals surface area (Å²) < 4.78 is 0.